The lowest BCUT2D eigenvalue weighted by Gasteiger charge is -2.66. The highest BCUT2D eigenvalue weighted by Crippen LogP contribution is 2.69. The number of aliphatic hydroxyl groups is 1. The third-order valence-corrected chi connectivity index (χ3v) is 10.4. The summed E-state index contributed by atoms with van der Waals surface area (Å²) in [7, 11) is 0. The van der Waals surface area contributed by atoms with E-state index < -0.39 is 119 Å². The van der Waals surface area contributed by atoms with Crippen LogP contribution in [0.3, 0.4) is 0 Å². The molecule has 282 valence electrons. The van der Waals surface area contributed by atoms with Gasteiger partial charge in [0.25, 0.3) is 0 Å². The van der Waals surface area contributed by atoms with Gasteiger partial charge in [0, 0.05) is 27.2 Å². The molecular formula is C37H50O14. The van der Waals surface area contributed by atoms with Gasteiger partial charge >= 0.3 is 35.8 Å². The van der Waals surface area contributed by atoms with Gasteiger partial charge in [-0.15, -0.1) is 0 Å². The number of esters is 6. The van der Waals surface area contributed by atoms with Crippen molar-refractivity contribution in [3.63, 3.8) is 0 Å². The molecule has 2 bridgehead atoms. The first-order valence-electron chi connectivity index (χ1n) is 17.2. The second-order valence-corrected chi connectivity index (χ2v) is 14.9. The number of carbonyl (C=O) groups excluding carboxylic acids is 6. The number of carbonyl (C=O) groups is 6. The predicted molar refractivity (Wildman–Crippen MR) is 176 cm³/mol. The zero-order valence-corrected chi connectivity index (χ0v) is 30.9. The van der Waals surface area contributed by atoms with E-state index in [0.717, 1.165) is 20.8 Å². The fourth-order valence-electron chi connectivity index (χ4n) is 8.17. The molecule has 0 radical (unpaired) electrons. The third-order valence-electron chi connectivity index (χ3n) is 10.4. The van der Waals surface area contributed by atoms with Crippen LogP contribution in [0.15, 0.2) is 30.3 Å². The van der Waals surface area contributed by atoms with Crippen molar-refractivity contribution in [2.75, 3.05) is 6.61 Å². The minimum atomic E-state index is -2.28. The van der Waals surface area contributed by atoms with Crippen LogP contribution < -0.4 is 0 Å². The molecule has 3 aliphatic rings. The molecule has 51 heavy (non-hydrogen) atoms. The van der Waals surface area contributed by atoms with Crippen LogP contribution >= 0.6 is 0 Å². The van der Waals surface area contributed by atoms with Gasteiger partial charge in [-0.3, -0.25) is 24.0 Å². The van der Waals surface area contributed by atoms with Gasteiger partial charge in [0.05, 0.1) is 34.5 Å². The SMILES string of the molecule is CCC(C)C(=O)OC[C@]12[C@@H](OC(=O)c3ccccc3)[C@H](OC(=O)C(C)C)[C@@H]3[C@@H](OC(C)=O)[C@]1(OC3(C)C)[C@@](C)(O)C[C@H](OC(C)=O)[C@@H]2OC(C)=O. The third kappa shape index (κ3) is 6.96. The molecule has 1 unspecified atom stereocenters. The summed E-state index contributed by atoms with van der Waals surface area (Å²) in [6.07, 6.45) is -7.99. The smallest absolute Gasteiger partial charge is 0.338 e. The average molecular weight is 719 g/mol. The normalized spacial score (nSPS) is 34.0. The van der Waals surface area contributed by atoms with Crippen LogP contribution in [0.2, 0.25) is 0 Å². The lowest BCUT2D eigenvalue weighted by Crippen LogP contribution is -2.85. The Morgan fingerprint density at radius 3 is 1.90 bits per heavy atom. The van der Waals surface area contributed by atoms with Gasteiger partial charge in [0.1, 0.15) is 30.3 Å². The van der Waals surface area contributed by atoms with Gasteiger partial charge in [-0.25, -0.2) is 4.79 Å². The molecule has 1 spiro atoms. The first-order chi connectivity index (χ1) is 23.7. The van der Waals surface area contributed by atoms with Crippen LogP contribution in [0.1, 0.15) is 92.4 Å². The molecule has 1 aliphatic heterocycles. The molecule has 3 fully saturated rings. The lowest BCUT2D eigenvalue weighted by molar-refractivity contribution is -0.363. The van der Waals surface area contributed by atoms with E-state index in [1.54, 1.807) is 59.7 Å². The Labute approximate surface area is 297 Å². The fourth-order valence-corrected chi connectivity index (χ4v) is 8.17. The maximum Gasteiger partial charge on any atom is 0.338 e. The Kier molecular flexibility index (Phi) is 11.3. The topological polar surface area (TPSA) is 187 Å². The molecule has 1 saturated heterocycles. The van der Waals surface area contributed by atoms with Crippen LogP contribution in [-0.2, 0) is 57.1 Å². The summed E-state index contributed by atoms with van der Waals surface area (Å²) in [6.45, 7) is 13.8. The minimum Gasteiger partial charge on any atom is -0.464 e. The second-order valence-electron chi connectivity index (χ2n) is 14.9. The summed E-state index contributed by atoms with van der Waals surface area (Å²) >= 11 is 0. The van der Waals surface area contributed by atoms with Crippen LogP contribution in [0, 0.1) is 23.2 Å². The van der Waals surface area contributed by atoms with Gasteiger partial charge in [0.15, 0.2) is 17.8 Å². The van der Waals surface area contributed by atoms with Crippen molar-refractivity contribution in [2.24, 2.45) is 23.2 Å². The number of fused-ring (bicyclic) bond motifs is 1. The van der Waals surface area contributed by atoms with Crippen molar-refractivity contribution in [3.05, 3.63) is 35.9 Å². The molecule has 0 aromatic heterocycles. The van der Waals surface area contributed by atoms with E-state index >= 15 is 0 Å². The van der Waals surface area contributed by atoms with Crippen molar-refractivity contribution >= 4 is 35.8 Å². The van der Waals surface area contributed by atoms with Gasteiger partial charge in [0.2, 0.25) is 0 Å². The summed E-state index contributed by atoms with van der Waals surface area (Å²) < 4.78 is 43.3. The number of rotatable bonds is 11. The van der Waals surface area contributed by atoms with Crippen molar-refractivity contribution in [1.82, 2.24) is 0 Å². The first-order valence-corrected chi connectivity index (χ1v) is 17.2. The number of ether oxygens (including phenoxy) is 7. The number of hydrogen-bond acceptors (Lipinski definition) is 14. The Hall–Kier alpha value is -4.04. The van der Waals surface area contributed by atoms with E-state index in [0.29, 0.717) is 6.42 Å². The van der Waals surface area contributed by atoms with Crippen LogP contribution in [0.4, 0.5) is 0 Å². The monoisotopic (exact) mass is 718 g/mol. The highest BCUT2D eigenvalue weighted by atomic mass is 16.7. The van der Waals surface area contributed by atoms with Gasteiger partial charge in [-0.1, -0.05) is 45.9 Å². The average Bonchev–Trinajstić information content (AvgIpc) is 3.23. The quantitative estimate of drug-likeness (QED) is 0.259. The summed E-state index contributed by atoms with van der Waals surface area (Å²) in [5, 5.41) is 12.8. The van der Waals surface area contributed by atoms with Crippen LogP contribution in [0.25, 0.3) is 0 Å². The van der Waals surface area contributed by atoms with E-state index in [9.17, 15) is 33.9 Å². The predicted octanol–water partition coefficient (Wildman–Crippen LogP) is 3.48. The molecule has 2 aliphatic carbocycles. The van der Waals surface area contributed by atoms with E-state index in [2.05, 4.69) is 0 Å². The van der Waals surface area contributed by atoms with E-state index in [1.165, 1.54) is 19.1 Å². The second kappa shape index (κ2) is 14.5. The zero-order valence-electron chi connectivity index (χ0n) is 30.9. The summed E-state index contributed by atoms with van der Waals surface area (Å²) in [5.41, 5.74) is -8.01. The molecule has 2 saturated carbocycles. The van der Waals surface area contributed by atoms with Crippen molar-refractivity contribution in [1.29, 1.82) is 0 Å². The van der Waals surface area contributed by atoms with Crippen molar-refractivity contribution in [3.8, 4) is 0 Å². The van der Waals surface area contributed by atoms with E-state index in [-0.39, 0.29) is 5.56 Å². The highest BCUT2D eigenvalue weighted by molar-refractivity contribution is 5.89. The molecule has 4 rings (SSSR count). The molecule has 14 heteroatoms. The van der Waals surface area contributed by atoms with Gasteiger partial charge < -0.3 is 38.3 Å². The Balaban J connectivity index is 2.20. The van der Waals surface area contributed by atoms with E-state index in [4.69, 9.17) is 33.2 Å². The van der Waals surface area contributed by atoms with Crippen molar-refractivity contribution in [2.45, 2.75) is 129 Å². The van der Waals surface area contributed by atoms with Crippen LogP contribution in [0.5, 0.6) is 0 Å². The number of hydrogen-bond donors (Lipinski definition) is 1. The Bertz CT molecular complexity index is 1520. The molecule has 1 N–H and O–H groups in total. The first kappa shape index (κ1) is 39.7. The minimum absolute atomic E-state index is 0.0880. The summed E-state index contributed by atoms with van der Waals surface area (Å²) in [4.78, 5) is 79.9. The summed E-state index contributed by atoms with van der Waals surface area (Å²) in [6, 6.07) is 7.88. The van der Waals surface area contributed by atoms with Gasteiger partial charge in [-0.2, -0.15) is 0 Å². The highest BCUT2D eigenvalue weighted by Gasteiger charge is 2.89. The fraction of sp³-hybridized carbons (Fsp3) is 0.676. The molecule has 1 heterocycles. The molecule has 0 amide bonds. The largest absolute Gasteiger partial charge is 0.464 e. The maximum absolute atomic E-state index is 14.1. The number of benzene rings is 1. The van der Waals surface area contributed by atoms with Crippen molar-refractivity contribution < 1.29 is 67.0 Å². The summed E-state index contributed by atoms with van der Waals surface area (Å²) in [5.74, 6) is -7.29. The molecular weight excluding hydrogens is 668 g/mol. The molecule has 1 aromatic rings. The van der Waals surface area contributed by atoms with Gasteiger partial charge in [-0.05, 0) is 39.3 Å². The molecule has 14 nitrogen and oxygen atoms in total. The van der Waals surface area contributed by atoms with E-state index in [1.807, 2.05) is 0 Å². The standard InChI is InChI=1S/C37H50O14/c1-11-20(4)32(42)45-18-36-28(47-22(6)39)25(46-21(5)38)17-35(10,44)37(36)29(48-23(7)40)26(34(8,9)51-37)27(49-31(41)19(2)3)30(36)50-33(43)24-15-13-12-14-16-24/h12-16,19-20,25-30,44H,11,17-18H2,1-10H3/t20?,25-,26+,27+,28-,29+,30-,35-,36-,37-/m0/s1. The molecule has 10 atom stereocenters. The lowest BCUT2D eigenvalue weighted by atomic mass is 9.45. The molecule has 1 aromatic carbocycles. The Morgan fingerprint density at radius 1 is 0.804 bits per heavy atom. The van der Waals surface area contributed by atoms with Crippen LogP contribution in [-0.4, -0.2) is 94.9 Å². The zero-order chi connectivity index (χ0) is 38.3. The maximum atomic E-state index is 14.1. The Morgan fingerprint density at radius 2 is 1.37 bits per heavy atom.